The third kappa shape index (κ3) is 2.78. The molecule has 102 valence electrons. The fraction of sp³-hybridized carbons (Fsp3) is 0.462. The molecular weight excluding hydrogens is 308 g/mol. The molecule has 6 heteroatoms. The van der Waals surface area contributed by atoms with Gasteiger partial charge in [-0.3, -0.25) is 14.2 Å². The summed E-state index contributed by atoms with van der Waals surface area (Å²) < 4.78 is 4.47. The summed E-state index contributed by atoms with van der Waals surface area (Å²) in [6, 6.07) is 0. The van der Waals surface area contributed by atoms with Gasteiger partial charge >= 0.3 is 0 Å². The number of ketones is 1. The molecule has 2 aromatic rings. The molecule has 19 heavy (non-hydrogen) atoms. The summed E-state index contributed by atoms with van der Waals surface area (Å²) in [6.07, 6.45) is 4.53. The van der Waals surface area contributed by atoms with Crippen LogP contribution in [0.2, 0.25) is 0 Å². The van der Waals surface area contributed by atoms with Crippen molar-refractivity contribution in [2.75, 3.05) is 0 Å². The standard InChI is InChI=1S/C13H17BrN4O/c1-4-10-13(14)11(18(5-2)16-10)6-12(19)9-7-15-17(3)8-9/h7-8H,4-6H2,1-3H3. The van der Waals surface area contributed by atoms with Crippen LogP contribution in [0.3, 0.4) is 0 Å². The average Bonchev–Trinajstić information content (AvgIpc) is 2.95. The zero-order valence-electron chi connectivity index (χ0n) is 11.4. The normalized spacial score (nSPS) is 10.9. The third-order valence-electron chi connectivity index (χ3n) is 3.05. The van der Waals surface area contributed by atoms with Crippen molar-refractivity contribution >= 4 is 21.7 Å². The van der Waals surface area contributed by atoms with Crippen molar-refractivity contribution in [3.8, 4) is 0 Å². The van der Waals surface area contributed by atoms with Gasteiger partial charge in [0.2, 0.25) is 0 Å². The Morgan fingerprint density at radius 3 is 2.68 bits per heavy atom. The van der Waals surface area contributed by atoms with Crippen LogP contribution in [0.5, 0.6) is 0 Å². The minimum absolute atomic E-state index is 0.0612. The number of Topliss-reactive ketones (excluding diaryl/α,β-unsaturated/α-hetero) is 1. The van der Waals surface area contributed by atoms with E-state index in [1.165, 1.54) is 0 Å². The summed E-state index contributed by atoms with van der Waals surface area (Å²) in [5.41, 5.74) is 2.57. The zero-order valence-corrected chi connectivity index (χ0v) is 12.9. The summed E-state index contributed by atoms with van der Waals surface area (Å²) in [5.74, 6) is 0.0612. The highest BCUT2D eigenvalue weighted by Gasteiger charge is 2.18. The highest BCUT2D eigenvalue weighted by molar-refractivity contribution is 9.10. The van der Waals surface area contributed by atoms with Crippen LogP contribution in [0.15, 0.2) is 16.9 Å². The molecule has 0 N–H and O–H groups in total. The molecule has 2 aromatic heterocycles. The lowest BCUT2D eigenvalue weighted by atomic mass is 10.1. The Morgan fingerprint density at radius 1 is 1.42 bits per heavy atom. The van der Waals surface area contributed by atoms with Gasteiger partial charge in [0, 0.05) is 19.8 Å². The predicted molar refractivity (Wildman–Crippen MR) is 76.2 cm³/mol. The van der Waals surface area contributed by atoms with Gasteiger partial charge in [0.05, 0.1) is 34.0 Å². The minimum atomic E-state index is 0.0612. The number of hydrogen-bond acceptors (Lipinski definition) is 3. The van der Waals surface area contributed by atoms with Gasteiger partial charge < -0.3 is 0 Å². The maximum Gasteiger partial charge on any atom is 0.171 e. The molecule has 0 radical (unpaired) electrons. The molecule has 0 aromatic carbocycles. The lowest BCUT2D eigenvalue weighted by Crippen LogP contribution is -2.09. The molecule has 0 bridgehead atoms. The quantitative estimate of drug-likeness (QED) is 0.793. The van der Waals surface area contributed by atoms with E-state index in [1.807, 2.05) is 11.6 Å². The highest BCUT2D eigenvalue weighted by atomic mass is 79.9. The Kier molecular flexibility index (Phi) is 4.19. The van der Waals surface area contributed by atoms with Gasteiger partial charge in [0.25, 0.3) is 0 Å². The van der Waals surface area contributed by atoms with Crippen molar-refractivity contribution in [1.82, 2.24) is 19.6 Å². The van der Waals surface area contributed by atoms with Gasteiger partial charge in [-0.25, -0.2) is 0 Å². The fourth-order valence-corrected chi connectivity index (χ4v) is 2.71. The summed E-state index contributed by atoms with van der Waals surface area (Å²) in [7, 11) is 1.80. The maximum absolute atomic E-state index is 12.2. The summed E-state index contributed by atoms with van der Waals surface area (Å²) in [6.45, 7) is 4.84. The topological polar surface area (TPSA) is 52.7 Å². The molecule has 0 aliphatic rings. The second-order valence-corrected chi connectivity index (χ2v) is 5.17. The van der Waals surface area contributed by atoms with E-state index in [1.54, 1.807) is 24.1 Å². The second kappa shape index (κ2) is 5.69. The second-order valence-electron chi connectivity index (χ2n) is 4.38. The summed E-state index contributed by atoms with van der Waals surface area (Å²) in [4.78, 5) is 12.2. The molecular formula is C13H17BrN4O. The van der Waals surface area contributed by atoms with Crippen LogP contribution in [0, 0.1) is 0 Å². The first kappa shape index (κ1) is 14.0. The van der Waals surface area contributed by atoms with E-state index in [9.17, 15) is 4.79 Å². The molecule has 0 unspecified atom stereocenters. The smallest absolute Gasteiger partial charge is 0.171 e. The molecule has 0 saturated heterocycles. The number of nitrogens with zero attached hydrogens (tertiary/aromatic N) is 4. The van der Waals surface area contributed by atoms with Crippen molar-refractivity contribution in [1.29, 1.82) is 0 Å². The minimum Gasteiger partial charge on any atom is -0.294 e. The number of halogens is 1. The van der Waals surface area contributed by atoms with Gasteiger partial charge in [-0.2, -0.15) is 10.2 Å². The van der Waals surface area contributed by atoms with E-state index in [0.29, 0.717) is 12.0 Å². The van der Waals surface area contributed by atoms with E-state index in [2.05, 4.69) is 33.1 Å². The molecule has 0 fully saturated rings. The molecule has 5 nitrogen and oxygen atoms in total. The average molecular weight is 325 g/mol. The first-order valence-corrected chi connectivity index (χ1v) is 7.12. The van der Waals surface area contributed by atoms with Crippen LogP contribution in [0.1, 0.15) is 35.6 Å². The Morgan fingerprint density at radius 2 is 2.16 bits per heavy atom. The van der Waals surface area contributed by atoms with Crippen molar-refractivity contribution in [2.45, 2.75) is 33.2 Å². The van der Waals surface area contributed by atoms with Crippen molar-refractivity contribution < 1.29 is 4.79 Å². The van der Waals surface area contributed by atoms with Gasteiger partial charge in [-0.15, -0.1) is 0 Å². The van der Waals surface area contributed by atoms with Crippen LogP contribution < -0.4 is 0 Å². The van der Waals surface area contributed by atoms with Crippen LogP contribution in [-0.4, -0.2) is 25.3 Å². The number of aryl methyl sites for hydroxylation is 3. The lowest BCUT2D eigenvalue weighted by Gasteiger charge is -2.03. The molecule has 0 saturated carbocycles. The monoisotopic (exact) mass is 324 g/mol. The summed E-state index contributed by atoms with van der Waals surface area (Å²) >= 11 is 3.55. The Bertz CT molecular complexity index is 600. The van der Waals surface area contributed by atoms with E-state index in [-0.39, 0.29) is 5.78 Å². The van der Waals surface area contributed by atoms with Crippen LogP contribution in [0.4, 0.5) is 0 Å². The first-order valence-electron chi connectivity index (χ1n) is 6.32. The van der Waals surface area contributed by atoms with Crippen molar-refractivity contribution in [2.24, 2.45) is 7.05 Å². The fourth-order valence-electron chi connectivity index (χ4n) is 2.01. The van der Waals surface area contributed by atoms with Gasteiger partial charge in [0.1, 0.15) is 0 Å². The SMILES string of the molecule is CCc1nn(CC)c(CC(=O)c2cnn(C)c2)c1Br. The van der Waals surface area contributed by atoms with Crippen molar-refractivity contribution in [3.05, 3.63) is 33.8 Å². The van der Waals surface area contributed by atoms with Crippen LogP contribution in [0.25, 0.3) is 0 Å². The van der Waals surface area contributed by atoms with Crippen LogP contribution in [-0.2, 0) is 26.4 Å². The molecule has 0 spiro atoms. The van der Waals surface area contributed by atoms with E-state index >= 15 is 0 Å². The zero-order chi connectivity index (χ0) is 14.0. The molecule has 2 rings (SSSR count). The van der Waals surface area contributed by atoms with Gasteiger partial charge in [0.15, 0.2) is 5.78 Å². The van der Waals surface area contributed by atoms with Crippen molar-refractivity contribution in [3.63, 3.8) is 0 Å². The molecule has 0 aliphatic carbocycles. The number of carbonyl (C=O) groups is 1. The number of aromatic nitrogens is 4. The first-order chi connectivity index (χ1) is 9.06. The molecule has 2 heterocycles. The Balaban J connectivity index is 2.28. The maximum atomic E-state index is 12.2. The number of rotatable bonds is 5. The number of carbonyl (C=O) groups excluding carboxylic acids is 1. The molecule has 0 atom stereocenters. The van der Waals surface area contributed by atoms with E-state index in [4.69, 9.17) is 0 Å². The predicted octanol–water partition coefficient (Wildman–Crippen LogP) is 2.39. The lowest BCUT2D eigenvalue weighted by molar-refractivity contribution is 0.0990. The van der Waals surface area contributed by atoms with E-state index in [0.717, 1.165) is 28.8 Å². The highest BCUT2D eigenvalue weighted by Crippen LogP contribution is 2.23. The number of hydrogen-bond donors (Lipinski definition) is 0. The third-order valence-corrected chi connectivity index (χ3v) is 3.96. The Hall–Kier alpha value is -1.43. The molecule has 0 amide bonds. The Labute approximate surface area is 120 Å². The van der Waals surface area contributed by atoms with Gasteiger partial charge in [-0.1, -0.05) is 6.92 Å². The summed E-state index contributed by atoms with van der Waals surface area (Å²) in [5, 5.41) is 8.52. The van der Waals surface area contributed by atoms with E-state index < -0.39 is 0 Å². The van der Waals surface area contributed by atoms with Crippen LogP contribution >= 0.6 is 15.9 Å². The molecule has 0 aliphatic heterocycles. The largest absolute Gasteiger partial charge is 0.294 e. The van der Waals surface area contributed by atoms with Gasteiger partial charge in [-0.05, 0) is 29.3 Å².